The van der Waals surface area contributed by atoms with Gasteiger partial charge in [0.25, 0.3) is 0 Å². The first-order valence-electron chi connectivity index (χ1n) is 9.53. The summed E-state index contributed by atoms with van der Waals surface area (Å²) in [6.07, 6.45) is 1.27. The minimum Gasteiger partial charge on any atom is -0.493 e. The third kappa shape index (κ3) is 2.40. The van der Waals surface area contributed by atoms with Crippen LogP contribution in [-0.2, 0) is 22.5 Å². The Labute approximate surface area is 174 Å². The minimum absolute atomic E-state index is 0.330. The maximum atomic E-state index is 12.1. The molecule has 4 rings (SSSR count). The van der Waals surface area contributed by atoms with Crippen molar-refractivity contribution in [3.63, 3.8) is 0 Å². The first-order valence-corrected chi connectivity index (χ1v) is 9.53. The van der Waals surface area contributed by atoms with Crippen molar-refractivity contribution in [2.45, 2.75) is 24.7 Å². The van der Waals surface area contributed by atoms with Crippen LogP contribution in [0.15, 0.2) is 24.3 Å². The van der Waals surface area contributed by atoms with Crippen molar-refractivity contribution in [1.29, 1.82) is 0 Å². The number of aliphatic hydroxyl groups is 1. The summed E-state index contributed by atoms with van der Waals surface area (Å²) < 4.78 is 28.3. The smallest absolute Gasteiger partial charge is 0.244 e. The molecule has 0 aliphatic carbocycles. The Balaban J connectivity index is 2.02. The molecule has 0 saturated carbocycles. The van der Waals surface area contributed by atoms with Crippen molar-refractivity contribution in [3.05, 3.63) is 41.0 Å². The zero-order chi connectivity index (χ0) is 21.7. The van der Waals surface area contributed by atoms with Crippen LogP contribution in [0.3, 0.4) is 0 Å². The van der Waals surface area contributed by atoms with Gasteiger partial charge in [0.1, 0.15) is 0 Å². The van der Waals surface area contributed by atoms with Crippen molar-refractivity contribution in [3.8, 4) is 28.7 Å². The summed E-state index contributed by atoms with van der Waals surface area (Å²) in [7, 11) is 6.13. The fourth-order valence-electron chi connectivity index (χ4n) is 4.59. The summed E-state index contributed by atoms with van der Waals surface area (Å²) >= 11 is 0. The minimum atomic E-state index is -1.59. The van der Waals surface area contributed by atoms with Crippen LogP contribution >= 0.6 is 0 Å². The maximum Gasteiger partial charge on any atom is 0.244 e. The van der Waals surface area contributed by atoms with Crippen LogP contribution in [0.2, 0.25) is 0 Å². The first-order chi connectivity index (χ1) is 14.4. The van der Waals surface area contributed by atoms with E-state index < -0.39 is 11.3 Å². The molecule has 8 nitrogen and oxygen atoms in total. The van der Waals surface area contributed by atoms with Gasteiger partial charge in [-0.1, -0.05) is 0 Å². The van der Waals surface area contributed by atoms with Gasteiger partial charge in [-0.25, -0.2) is 0 Å². The number of benzene rings is 2. The number of nitrogens with zero attached hydrogens (tertiary/aromatic N) is 1. The molecular weight excluding hydrogens is 390 g/mol. The molecule has 0 saturated heterocycles. The number of amides is 1. The van der Waals surface area contributed by atoms with Gasteiger partial charge >= 0.3 is 0 Å². The number of rotatable bonds is 5. The van der Waals surface area contributed by atoms with E-state index in [1.165, 1.54) is 26.2 Å². The third-order valence-corrected chi connectivity index (χ3v) is 6.06. The Morgan fingerprint density at radius 2 is 1.67 bits per heavy atom. The molecule has 0 unspecified atom stereocenters. The first kappa shape index (κ1) is 20.2. The second-order valence-electron chi connectivity index (χ2n) is 7.41. The van der Waals surface area contributed by atoms with E-state index in [0.29, 0.717) is 59.3 Å². The van der Waals surface area contributed by atoms with Crippen LogP contribution in [0.25, 0.3) is 0 Å². The van der Waals surface area contributed by atoms with Crippen molar-refractivity contribution in [1.82, 2.24) is 4.90 Å². The molecule has 2 aliphatic rings. The number of methoxy groups -OCH3 is 4. The zero-order valence-corrected chi connectivity index (χ0v) is 17.6. The van der Waals surface area contributed by atoms with Crippen LogP contribution in [0.4, 0.5) is 0 Å². The van der Waals surface area contributed by atoms with Gasteiger partial charge in [0.05, 0.1) is 28.4 Å². The number of hydrogen-bond donors (Lipinski definition) is 1. The molecule has 1 spiro atoms. The molecule has 0 fully saturated rings. The van der Waals surface area contributed by atoms with E-state index in [1.54, 1.807) is 32.2 Å². The molecule has 30 heavy (non-hydrogen) atoms. The van der Waals surface area contributed by atoms with Gasteiger partial charge in [-0.15, -0.1) is 0 Å². The Bertz CT molecular complexity index is 1000. The predicted molar refractivity (Wildman–Crippen MR) is 107 cm³/mol. The standard InChI is InChI=1S/C22H25NO7/c1-21(25)14-6-7-16(26-2)20(29-5)19(14)30-22(21)15-11-18(28-4)17(27-3)10-13(15)8-9-23(22)12-24/h6-7,10-12,25H,8-9H2,1-5H3/t21-,22-/m1/s1. The van der Waals surface area contributed by atoms with Gasteiger partial charge in [-0.3, -0.25) is 4.79 Å². The monoisotopic (exact) mass is 415 g/mol. The summed E-state index contributed by atoms with van der Waals surface area (Å²) in [5.41, 5.74) is -1.08. The molecule has 1 amide bonds. The predicted octanol–water partition coefficient (Wildman–Crippen LogP) is 2.19. The lowest BCUT2D eigenvalue weighted by Crippen LogP contribution is -2.61. The average molecular weight is 415 g/mol. The second-order valence-corrected chi connectivity index (χ2v) is 7.41. The molecule has 1 N–H and O–H groups in total. The Kier molecular flexibility index (Phi) is 4.69. The molecule has 2 aromatic carbocycles. The Morgan fingerprint density at radius 1 is 1.00 bits per heavy atom. The van der Waals surface area contributed by atoms with E-state index in [-0.39, 0.29) is 0 Å². The average Bonchev–Trinajstić information content (AvgIpc) is 3.00. The zero-order valence-electron chi connectivity index (χ0n) is 17.6. The summed E-state index contributed by atoms with van der Waals surface area (Å²) in [5.74, 6) is 2.19. The molecular formula is C22H25NO7. The quantitative estimate of drug-likeness (QED) is 0.749. The van der Waals surface area contributed by atoms with Gasteiger partial charge in [0.15, 0.2) is 28.6 Å². The van der Waals surface area contributed by atoms with E-state index in [0.717, 1.165) is 5.56 Å². The number of ether oxygens (including phenoxy) is 5. The van der Waals surface area contributed by atoms with Gasteiger partial charge in [0.2, 0.25) is 17.9 Å². The molecule has 2 aromatic rings. The Hall–Kier alpha value is -3.13. The highest BCUT2D eigenvalue weighted by molar-refractivity contribution is 5.65. The number of fused-ring (bicyclic) bond motifs is 3. The lowest BCUT2D eigenvalue weighted by atomic mass is 9.77. The molecule has 0 bridgehead atoms. The fourth-order valence-corrected chi connectivity index (χ4v) is 4.59. The number of carbonyl (C=O) groups excluding carboxylic acids is 1. The normalized spacial score (nSPS) is 24.0. The number of hydrogen-bond acceptors (Lipinski definition) is 7. The van der Waals surface area contributed by atoms with E-state index in [4.69, 9.17) is 23.7 Å². The molecule has 0 radical (unpaired) electrons. The van der Waals surface area contributed by atoms with Crippen LogP contribution in [0.5, 0.6) is 28.7 Å². The fraction of sp³-hybridized carbons (Fsp3) is 0.409. The van der Waals surface area contributed by atoms with E-state index in [9.17, 15) is 9.90 Å². The van der Waals surface area contributed by atoms with Crippen molar-refractivity contribution in [2.75, 3.05) is 35.0 Å². The lowest BCUT2D eigenvalue weighted by Gasteiger charge is -2.48. The highest BCUT2D eigenvalue weighted by Crippen LogP contribution is 2.60. The van der Waals surface area contributed by atoms with Crippen molar-refractivity contribution >= 4 is 6.41 Å². The van der Waals surface area contributed by atoms with Gasteiger partial charge in [-0.2, -0.15) is 0 Å². The SMILES string of the molecule is COc1cc2c(cc1OC)[C@]1(Oc3c(ccc(OC)c3OC)[C@@]1(C)O)N(C=O)CC2. The largest absolute Gasteiger partial charge is 0.493 e. The molecule has 2 heterocycles. The van der Waals surface area contributed by atoms with E-state index in [2.05, 4.69) is 0 Å². The molecule has 2 atom stereocenters. The highest BCUT2D eigenvalue weighted by Gasteiger charge is 2.64. The van der Waals surface area contributed by atoms with E-state index >= 15 is 0 Å². The van der Waals surface area contributed by atoms with Crippen LogP contribution < -0.4 is 23.7 Å². The molecule has 2 aliphatic heterocycles. The lowest BCUT2D eigenvalue weighted by molar-refractivity contribution is -0.203. The van der Waals surface area contributed by atoms with E-state index in [1.807, 2.05) is 6.07 Å². The van der Waals surface area contributed by atoms with Gasteiger partial charge in [0, 0.05) is 17.7 Å². The van der Waals surface area contributed by atoms with Crippen LogP contribution in [-0.4, -0.2) is 51.4 Å². The van der Waals surface area contributed by atoms with Gasteiger partial charge < -0.3 is 33.7 Å². The Morgan fingerprint density at radius 3 is 2.27 bits per heavy atom. The highest BCUT2D eigenvalue weighted by atomic mass is 16.6. The summed E-state index contributed by atoms with van der Waals surface area (Å²) in [4.78, 5) is 13.6. The summed E-state index contributed by atoms with van der Waals surface area (Å²) in [6, 6.07) is 7.05. The molecule has 0 aromatic heterocycles. The number of carbonyl (C=O) groups is 1. The molecule has 8 heteroatoms. The van der Waals surface area contributed by atoms with Crippen molar-refractivity contribution in [2.24, 2.45) is 0 Å². The van der Waals surface area contributed by atoms with Gasteiger partial charge in [-0.05, 0) is 43.2 Å². The molecule has 160 valence electrons. The third-order valence-electron chi connectivity index (χ3n) is 6.06. The second kappa shape index (κ2) is 6.98. The van der Waals surface area contributed by atoms with Crippen LogP contribution in [0, 0.1) is 0 Å². The summed E-state index contributed by atoms with van der Waals surface area (Å²) in [5, 5.41) is 11.8. The maximum absolute atomic E-state index is 12.1. The van der Waals surface area contributed by atoms with Crippen molar-refractivity contribution < 1.29 is 33.6 Å². The van der Waals surface area contributed by atoms with Crippen LogP contribution in [0.1, 0.15) is 23.6 Å². The summed E-state index contributed by atoms with van der Waals surface area (Å²) in [6.45, 7) is 1.99. The topological polar surface area (TPSA) is 86.7 Å².